The van der Waals surface area contributed by atoms with Crippen LogP contribution in [0.4, 0.5) is 11.4 Å². The molecule has 0 saturated heterocycles. The first-order valence-corrected chi connectivity index (χ1v) is 5.03. The molecule has 0 amide bonds. The number of nitriles is 1. The lowest BCUT2D eigenvalue weighted by Crippen LogP contribution is -2.16. The highest BCUT2D eigenvalue weighted by Gasteiger charge is 2.16. The number of benzene rings is 1. The Balaban J connectivity index is 3.15. The zero-order valence-corrected chi connectivity index (χ0v) is 9.30. The lowest BCUT2D eigenvalue weighted by atomic mass is 10.1. The Morgan fingerprint density at radius 2 is 2.35 bits per heavy atom. The Morgan fingerprint density at radius 1 is 1.65 bits per heavy atom. The number of hydrogen-bond acceptors (Lipinski definition) is 4. The molecule has 1 N–H and O–H groups in total. The van der Waals surface area contributed by atoms with Gasteiger partial charge >= 0.3 is 0 Å². The van der Waals surface area contributed by atoms with E-state index in [1.165, 1.54) is 18.2 Å². The molecule has 0 fully saturated rings. The minimum atomic E-state index is -0.507. The van der Waals surface area contributed by atoms with Gasteiger partial charge in [0.15, 0.2) is 0 Å². The molecule has 0 aliphatic heterocycles. The van der Waals surface area contributed by atoms with Crippen LogP contribution in [0.2, 0.25) is 0 Å². The first-order chi connectivity index (χ1) is 8.12. The molecule has 0 aliphatic carbocycles. The number of terminal acetylenes is 1. The molecule has 0 aliphatic rings. The second-order valence-corrected chi connectivity index (χ2v) is 3.37. The van der Waals surface area contributed by atoms with Crippen LogP contribution in [0.1, 0.15) is 18.9 Å². The third kappa shape index (κ3) is 2.96. The van der Waals surface area contributed by atoms with E-state index >= 15 is 0 Å². The van der Waals surface area contributed by atoms with Crippen LogP contribution in [0, 0.1) is 33.8 Å². The number of nitrogens with one attached hydrogen (secondary N) is 1. The van der Waals surface area contributed by atoms with Gasteiger partial charge in [-0.2, -0.15) is 5.26 Å². The lowest BCUT2D eigenvalue weighted by molar-refractivity contribution is -0.384. The van der Waals surface area contributed by atoms with E-state index in [0.29, 0.717) is 12.0 Å². The van der Waals surface area contributed by atoms with Gasteiger partial charge in [0.2, 0.25) is 0 Å². The highest BCUT2D eigenvalue weighted by atomic mass is 16.6. The third-order valence-electron chi connectivity index (χ3n) is 2.26. The quantitative estimate of drug-likeness (QED) is 0.488. The number of nitro groups is 1. The van der Waals surface area contributed by atoms with Crippen molar-refractivity contribution in [2.75, 3.05) is 5.32 Å². The Kier molecular flexibility index (Phi) is 4.08. The highest BCUT2D eigenvalue weighted by Crippen LogP contribution is 2.26. The average Bonchev–Trinajstić information content (AvgIpc) is 2.35. The molecule has 0 aromatic heterocycles. The molecule has 1 aromatic rings. The summed E-state index contributed by atoms with van der Waals surface area (Å²) in [4.78, 5) is 10.3. The molecule has 1 rings (SSSR count). The van der Waals surface area contributed by atoms with Crippen LogP contribution in [-0.2, 0) is 0 Å². The van der Waals surface area contributed by atoms with Crippen molar-refractivity contribution in [3.8, 4) is 18.4 Å². The number of rotatable bonds is 4. The third-order valence-corrected chi connectivity index (χ3v) is 2.26. The summed E-state index contributed by atoms with van der Waals surface area (Å²) in [6.07, 6.45) is 5.92. The predicted octanol–water partition coefficient (Wildman–Crippen LogP) is 2.29. The van der Waals surface area contributed by atoms with Gasteiger partial charge in [0.1, 0.15) is 5.69 Å². The number of hydrogen-bond donors (Lipinski definition) is 1. The zero-order valence-electron chi connectivity index (χ0n) is 9.30. The van der Waals surface area contributed by atoms with Crippen LogP contribution in [0.3, 0.4) is 0 Å². The summed E-state index contributed by atoms with van der Waals surface area (Å²) in [5.74, 6) is 2.49. The molecule has 5 nitrogen and oxygen atoms in total. The molecule has 0 spiro atoms. The molecule has 1 aromatic carbocycles. The van der Waals surface area contributed by atoms with Crippen LogP contribution in [0.25, 0.3) is 0 Å². The van der Waals surface area contributed by atoms with Gasteiger partial charge in [-0.25, -0.2) is 0 Å². The molecule has 0 bridgehead atoms. The van der Waals surface area contributed by atoms with E-state index in [1.54, 1.807) is 0 Å². The van der Waals surface area contributed by atoms with E-state index in [4.69, 9.17) is 11.7 Å². The highest BCUT2D eigenvalue weighted by molar-refractivity contribution is 5.65. The van der Waals surface area contributed by atoms with Crippen LogP contribution >= 0.6 is 0 Å². The molecule has 86 valence electrons. The van der Waals surface area contributed by atoms with Gasteiger partial charge in [-0.15, -0.1) is 6.42 Å². The van der Waals surface area contributed by atoms with Gasteiger partial charge in [0, 0.05) is 6.07 Å². The van der Waals surface area contributed by atoms with E-state index in [1.807, 2.05) is 13.0 Å². The predicted molar refractivity (Wildman–Crippen MR) is 64.3 cm³/mol. The van der Waals surface area contributed by atoms with Crippen LogP contribution < -0.4 is 5.32 Å². The van der Waals surface area contributed by atoms with E-state index in [-0.39, 0.29) is 17.4 Å². The van der Waals surface area contributed by atoms with Crippen molar-refractivity contribution in [3.05, 3.63) is 33.9 Å². The molecule has 5 heteroatoms. The van der Waals surface area contributed by atoms with E-state index in [2.05, 4.69) is 11.2 Å². The average molecular weight is 229 g/mol. The molecule has 1 atom stereocenters. The maximum absolute atomic E-state index is 10.8. The molecular formula is C12H11N3O2. The van der Waals surface area contributed by atoms with Crippen LogP contribution in [0.5, 0.6) is 0 Å². The molecule has 0 radical (unpaired) electrons. The summed E-state index contributed by atoms with van der Waals surface area (Å²) in [7, 11) is 0. The van der Waals surface area contributed by atoms with Crippen molar-refractivity contribution < 1.29 is 4.92 Å². The summed E-state index contributed by atoms with van der Waals surface area (Å²) in [6.45, 7) is 1.87. The Hall–Kier alpha value is -2.53. The Morgan fingerprint density at radius 3 is 2.82 bits per heavy atom. The zero-order chi connectivity index (χ0) is 12.8. The van der Waals surface area contributed by atoms with Crippen LogP contribution in [0.15, 0.2) is 18.2 Å². The number of nitrogens with zero attached hydrogens (tertiary/aromatic N) is 2. The van der Waals surface area contributed by atoms with Gasteiger partial charge < -0.3 is 5.32 Å². The van der Waals surface area contributed by atoms with E-state index in [9.17, 15) is 10.1 Å². The van der Waals surface area contributed by atoms with Crippen molar-refractivity contribution in [1.82, 2.24) is 0 Å². The van der Waals surface area contributed by atoms with Gasteiger partial charge in [0.25, 0.3) is 5.69 Å². The number of nitro benzene ring substituents is 1. The first kappa shape index (κ1) is 12.5. The molecule has 0 saturated carbocycles. The molecule has 1 unspecified atom stereocenters. The maximum atomic E-state index is 10.8. The topological polar surface area (TPSA) is 79.0 Å². The second kappa shape index (κ2) is 5.53. The van der Waals surface area contributed by atoms with Crippen molar-refractivity contribution in [2.24, 2.45) is 0 Å². The maximum Gasteiger partial charge on any atom is 0.292 e. The lowest BCUT2D eigenvalue weighted by Gasteiger charge is -2.12. The minimum Gasteiger partial charge on any atom is -0.366 e. The fourth-order valence-electron chi connectivity index (χ4n) is 1.33. The SMILES string of the molecule is C#CC(CC)Nc1cc(C#N)ccc1[N+](=O)[O-]. The van der Waals surface area contributed by atoms with E-state index in [0.717, 1.165) is 0 Å². The van der Waals surface area contributed by atoms with Gasteiger partial charge in [-0.1, -0.05) is 12.8 Å². The fourth-order valence-corrected chi connectivity index (χ4v) is 1.33. The van der Waals surface area contributed by atoms with Crippen molar-refractivity contribution in [1.29, 1.82) is 5.26 Å². The second-order valence-electron chi connectivity index (χ2n) is 3.37. The van der Waals surface area contributed by atoms with Gasteiger partial charge in [0.05, 0.1) is 22.6 Å². The monoisotopic (exact) mass is 229 g/mol. The smallest absolute Gasteiger partial charge is 0.292 e. The van der Waals surface area contributed by atoms with Crippen molar-refractivity contribution >= 4 is 11.4 Å². The standard InChI is InChI=1S/C12H11N3O2/c1-3-10(4-2)14-11-7-9(8-13)5-6-12(11)15(16)17/h1,5-7,10,14H,4H2,2H3. The van der Waals surface area contributed by atoms with Crippen molar-refractivity contribution in [2.45, 2.75) is 19.4 Å². The normalized spacial score (nSPS) is 11.0. The molecular weight excluding hydrogens is 218 g/mol. The van der Waals surface area contributed by atoms with Gasteiger partial charge in [-0.3, -0.25) is 10.1 Å². The minimum absolute atomic E-state index is 0.0855. The fraction of sp³-hybridized carbons (Fsp3) is 0.250. The van der Waals surface area contributed by atoms with Gasteiger partial charge in [-0.05, 0) is 18.6 Å². The summed E-state index contributed by atoms with van der Waals surface area (Å²) in [6, 6.07) is 5.77. The Labute approximate surface area is 99.2 Å². The summed E-state index contributed by atoms with van der Waals surface area (Å²) in [5.41, 5.74) is 0.543. The Bertz CT molecular complexity index is 511. The molecule has 17 heavy (non-hydrogen) atoms. The van der Waals surface area contributed by atoms with E-state index < -0.39 is 4.92 Å². The first-order valence-electron chi connectivity index (χ1n) is 5.03. The van der Waals surface area contributed by atoms with Crippen molar-refractivity contribution in [3.63, 3.8) is 0 Å². The largest absolute Gasteiger partial charge is 0.366 e. The molecule has 0 heterocycles. The number of anilines is 1. The summed E-state index contributed by atoms with van der Waals surface area (Å²) >= 11 is 0. The summed E-state index contributed by atoms with van der Waals surface area (Å²) < 4.78 is 0. The summed E-state index contributed by atoms with van der Waals surface area (Å²) in [5, 5.41) is 22.4. The van der Waals surface area contributed by atoms with Crippen LogP contribution in [-0.4, -0.2) is 11.0 Å².